The minimum atomic E-state index is -0.681. The van der Waals surface area contributed by atoms with Gasteiger partial charge in [0.05, 0.1) is 25.4 Å². The lowest BCUT2D eigenvalue weighted by Crippen LogP contribution is -2.45. The van der Waals surface area contributed by atoms with Crippen molar-refractivity contribution in [3.63, 3.8) is 0 Å². The zero-order valence-electron chi connectivity index (χ0n) is 43.2. The van der Waals surface area contributed by atoms with Gasteiger partial charge >= 0.3 is 5.97 Å². The molecule has 0 radical (unpaired) electrons. The van der Waals surface area contributed by atoms with E-state index in [4.69, 9.17) is 4.74 Å². The van der Waals surface area contributed by atoms with Crippen LogP contribution in [0.1, 0.15) is 290 Å². The fourth-order valence-electron chi connectivity index (χ4n) is 8.49. The van der Waals surface area contributed by atoms with E-state index in [2.05, 4.69) is 67.8 Å². The number of aliphatic hydroxyl groups is 2. The lowest BCUT2D eigenvalue weighted by atomic mass is 10.0. The molecular formula is C59H109NO5. The Morgan fingerprint density at radius 3 is 1.32 bits per heavy atom. The first kappa shape index (κ1) is 62.8. The maximum Gasteiger partial charge on any atom is 0.305 e. The van der Waals surface area contributed by atoms with E-state index in [0.29, 0.717) is 25.9 Å². The largest absolute Gasteiger partial charge is 0.466 e. The van der Waals surface area contributed by atoms with Gasteiger partial charge in [-0.3, -0.25) is 9.59 Å². The first-order valence-corrected chi connectivity index (χ1v) is 28.4. The molecule has 0 saturated heterocycles. The molecule has 0 spiro atoms. The second kappa shape index (κ2) is 54.4. The van der Waals surface area contributed by atoms with Crippen molar-refractivity contribution in [1.82, 2.24) is 5.32 Å². The second-order valence-electron chi connectivity index (χ2n) is 19.3. The number of ether oxygens (including phenoxy) is 1. The molecule has 0 rings (SSSR count). The Kier molecular flexibility index (Phi) is 52.6. The molecule has 6 nitrogen and oxygen atoms in total. The molecule has 1 amide bonds. The third kappa shape index (κ3) is 51.1. The van der Waals surface area contributed by atoms with Gasteiger partial charge in [-0.2, -0.15) is 0 Å². The number of nitrogens with one attached hydrogen (secondary N) is 1. The van der Waals surface area contributed by atoms with Gasteiger partial charge in [-0.25, -0.2) is 0 Å². The number of aliphatic hydroxyl groups excluding tert-OH is 2. The summed E-state index contributed by atoms with van der Waals surface area (Å²) in [6, 6.07) is -0.560. The number of hydrogen-bond acceptors (Lipinski definition) is 5. The van der Waals surface area contributed by atoms with Crippen molar-refractivity contribution >= 4 is 11.9 Å². The molecule has 0 aromatic heterocycles. The molecule has 0 saturated carbocycles. The summed E-state index contributed by atoms with van der Waals surface area (Å²) >= 11 is 0. The van der Waals surface area contributed by atoms with Crippen molar-refractivity contribution in [2.45, 2.75) is 302 Å². The highest BCUT2D eigenvalue weighted by molar-refractivity contribution is 5.76. The van der Waals surface area contributed by atoms with Crippen molar-refractivity contribution in [3.05, 3.63) is 48.6 Å². The van der Waals surface area contributed by atoms with Gasteiger partial charge in [0.2, 0.25) is 5.91 Å². The number of carbonyl (C=O) groups excluding carboxylic acids is 2. The van der Waals surface area contributed by atoms with E-state index in [1.165, 1.54) is 167 Å². The van der Waals surface area contributed by atoms with E-state index in [-0.39, 0.29) is 18.5 Å². The van der Waals surface area contributed by atoms with Gasteiger partial charge < -0.3 is 20.3 Å². The van der Waals surface area contributed by atoms with Gasteiger partial charge in [0.25, 0.3) is 0 Å². The van der Waals surface area contributed by atoms with Crippen LogP contribution >= 0.6 is 0 Å². The number of carbonyl (C=O) groups is 2. The second-order valence-corrected chi connectivity index (χ2v) is 19.3. The average molecular weight is 913 g/mol. The normalized spacial score (nSPS) is 13.0. The van der Waals surface area contributed by atoms with E-state index < -0.39 is 12.1 Å². The van der Waals surface area contributed by atoms with Gasteiger partial charge in [-0.15, -0.1) is 0 Å². The zero-order valence-corrected chi connectivity index (χ0v) is 43.2. The quantitative estimate of drug-likeness (QED) is 0.0245. The van der Waals surface area contributed by atoms with Crippen LogP contribution in [0.4, 0.5) is 0 Å². The number of amides is 1. The highest BCUT2D eigenvalue weighted by Crippen LogP contribution is 2.17. The molecule has 0 aromatic carbocycles. The smallest absolute Gasteiger partial charge is 0.305 e. The zero-order chi connectivity index (χ0) is 47.2. The van der Waals surface area contributed by atoms with Gasteiger partial charge in [-0.05, 0) is 83.5 Å². The molecule has 0 aromatic rings. The Morgan fingerprint density at radius 1 is 0.446 bits per heavy atom. The van der Waals surface area contributed by atoms with E-state index in [1.807, 2.05) is 0 Å². The fourth-order valence-corrected chi connectivity index (χ4v) is 8.49. The summed E-state index contributed by atoms with van der Waals surface area (Å²) in [6.07, 6.45) is 68.1. The molecule has 0 aliphatic carbocycles. The molecule has 3 N–H and O–H groups in total. The van der Waals surface area contributed by atoms with Crippen LogP contribution < -0.4 is 5.32 Å². The van der Waals surface area contributed by atoms with Crippen molar-refractivity contribution in [2.24, 2.45) is 0 Å². The third-order valence-corrected chi connectivity index (χ3v) is 12.9. The van der Waals surface area contributed by atoms with Gasteiger partial charge in [-0.1, -0.05) is 242 Å². The summed E-state index contributed by atoms with van der Waals surface area (Å²) in [5.41, 5.74) is 0. The predicted molar refractivity (Wildman–Crippen MR) is 282 cm³/mol. The van der Waals surface area contributed by atoms with Gasteiger partial charge in [0.15, 0.2) is 0 Å². The Balaban J connectivity index is 3.53. The van der Waals surface area contributed by atoms with E-state index in [0.717, 1.165) is 89.9 Å². The Labute approximate surface area is 404 Å². The lowest BCUT2D eigenvalue weighted by molar-refractivity contribution is -0.143. The van der Waals surface area contributed by atoms with Crippen molar-refractivity contribution < 1.29 is 24.5 Å². The van der Waals surface area contributed by atoms with E-state index in [9.17, 15) is 19.8 Å². The van der Waals surface area contributed by atoms with Crippen LogP contribution in [0.5, 0.6) is 0 Å². The van der Waals surface area contributed by atoms with Gasteiger partial charge in [0.1, 0.15) is 0 Å². The van der Waals surface area contributed by atoms with Crippen LogP contribution in [0.3, 0.4) is 0 Å². The molecular weight excluding hydrogens is 803 g/mol. The predicted octanol–water partition coefficient (Wildman–Crippen LogP) is 17.4. The first-order valence-electron chi connectivity index (χ1n) is 28.4. The molecule has 380 valence electrons. The molecule has 6 heteroatoms. The Morgan fingerprint density at radius 2 is 0.846 bits per heavy atom. The van der Waals surface area contributed by atoms with Crippen molar-refractivity contribution in [2.75, 3.05) is 13.2 Å². The summed E-state index contributed by atoms with van der Waals surface area (Å²) in [4.78, 5) is 24.5. The van der Waals surface area contributed by atoms with Crippen LogP contribution in [-0.2, 0) is 14.3 Å². The maximum atomic E-state index is 12.5. The first-order chi connectivity index (χ1) is 32.0. The Bertz CT molecular complexity index is 1100. The van der Waals surface area contributed by atoms with Crippen LogP contribution in [0.2, 0.25) is 0 Å². The van der Waals surface area contributed by atoms with E-state index >= 15 is 0 Å². The molecule has 0 heterocycles. The van der Waals surface area contributed by atoms with Crippen molar-refractivity contribution in [3.8, 4) is 0 Å². The number of rotatable bonds is 52. The fraction of sp³-hybridized carbons (Fsp3) is 0.831. The minimum Gasteiger partial charge on any atom is -0.466 e. The topological polar surface area (TPSA) is 95.9 Å². The van der Waals surface area contributed by atoms with Crippen LogP contribution in [-0.4, -0.2) is 47.4 Å². The van der Waals surface area contributed by atoms with Crippen molar-refractivity contribution in [1.29, 1.82) is 0 Å². The molecule has 2 unspecified atom stereocenters. The average Bonchev–Trinajstić information content (AvgIpc) is 3.31. The SMILES string of the molecule is CCC/C=C\C/C=C\CCCCCCCC(=O)OCCCCC/C=C\C=C/CCCCCCCCC(=O)NC(CO)C(O)CCCCCCCCCCCCCCCCCCCCCC. The Hall–Kier alpha value is -2.18. The maximum absolute atomic E-state index is 12.5. The highest BCUT2D eigenvalue weighted by Gasteiger charge is 2.20. The summed E-state index contributed by atoms with van der Waals surface area (Å²) in [6.45, 7) is 4.83. The molecule has 0 bridgehead atoms. The van der Waals surface area contributed by atoms with E-state index in [1.54, 1.807) is 0 Å². The molecule has 0 fully saturated rings. The summed E-state index contributed by atoms with van der Waals surface area (Å²) < 4.78 is 5.43. The number of allylic oxidation sites excluding steroid dienone is 8. The molecule has 65 heavy (non-hydrogen) atoms. The van der Waals surface area contributed by atoms with Crippen LogP contribution in [0.25, 0.3) is 0 Å². The molecule has 2 atom stereocenters. The number of unbranched alkanes of at least 4 members (excludes halogenated alkanes) is 34. The van der Waals surface area contributed by atoms with Gasteiger partial charge in [0, 0.05) is 12.8 Å². The molecule has 0 aliphatic rings. The monoisotopic (exact) mass is 912 g/mol. The van der Waals surface area contributed by atoms with Crippen LogP contribution in [0.15, 0.2) is 48.6 Å². The number of esters is 1. The summed E-state index contributed by atoms with van der Waals surface area (Å²) in [5.74, 6) is -0.0942. The lowest BCUT2D eigenvalue weighted by Gasteiger charge is -2.22. The summed E-state index contributed by atoms with van der Waals surface area (Å²) in [5, 5.41) is 23.3. The molecule has 0 aliphatic heterocycles. The highest BCUT2D eigenvalue weighted by atomic mass is 16.5. The summed E-state index contributed by atoms with van der Waals surface area (Å²) in [7, 11) is 0. The minimum absolute atomic E-state index is 0.0372. The third-order valence-electron chi connectivity index (χ3n) is 12.9. The van der Waals surface area contributed by atoms with Crippen LogP contribution in [0, 0.1) is 0 Å². The standard InChI is InChI=1S/C59H109NO5/c1-3-5-7-9-11-13-15-17-18-19-20-21-22-24-28-31-35-39-43-47-51-57(62)56(55-61)60-58(63)52-48-44-40-36-32-29-25-23-26-30-34-38-42-46-50-54-65-59(64)53-49-45-41-37-33-27-16-14-12-10-8-6-4-2/h8,10,14,16,23,26,30,34,56-57,61-62H,3-7,9,11-13,15,17-22,24-25,27-29,31-33,35-55H2,1-2H3,(H,60,63)/b10-8-,16-14-,26-23-,34-30-. The number of hydrogen-bond donors (Lipinski definition) is 3.